The molecule has 0 bridgehead atoms. The summed E-state index contributed by atoms with van der Waals surface area (Å²) < 4.78 is 5.31. The highest BCUT2D eigenvalue weighted by Gasteiger charge is 2.05. The Labute approximate surface area is 75.7 Å². The molecule has 0 aliphatic carbocycles. The summed E-state index contributed by atoms with van der Waals surface area (Å²) in [5, 5.41) is 7.44. The zero-order valence-corrected chi connectivity index (χ0v) is 7.67. The van der Waals surface area contributed by atoms with Gasteiger partial charge in [-0.25, -0.2) is 0 Å². The van der Waals surface area contributed by atoms with Crippen LogP contribution in [0.25, 0.3) is 0 Å². The van der Waals surface area contributed by atoms with Gasteiger partial charge < -0.3 is 10.5 Å². The van der Waals surface area contributed by atoms with Crippen molar-refractivity contribution >= 4 is 17.4 Å². The maximum Gasteiger partial charge on any atom is 0.188 e. The molecule has 0 aromatic carbocycles. The topological polar surface area (TPSA) is 61.0 Å². The maximum absolute atomic E-state index is 5.59. The Morgan fingerprint density at radius 3 is 2.75 bits per heavy atom. The highest BCUT2D eigenvalue weighted by molar-refractivity contribution is 6.29. The third-order valence-electron chi connectivity index (χ3n) is 1.12. The molecule has 2 N–H and O–H groups in total. The molecule has 0 saturated carbocycles. The van der Waals surface area contributed by atoms with Crippen molar-refractivity contribution in [2.24, 2.45) is 0 Å². The highest BCUT2D eigenvalue weighted by atomic mass is 35.5. The third kappa shape index (κ3) is 2.23. The predicted octanol–water partition coefficient (Wildman–Crippen LogP) is 1.50. The Morgan fingerprint density at radius 2 is 2.17 bits per heavy atom. The van der Waals surface area contributed by atoms with Gasteiger partial charge in [0.25, 0.3) is 0 Å². The van der Waals surface area contributed by atoms with Crippen molar-refractivity contribution in [2.45, 2.75) is 20.0 Å². The lowest BCUT2D eigenvalue weighted by Crippen LogP contribution is -2.08. The number of hydrogen-bond donors (Lipinski definition) is 1. The monoisotopic (exact) mass is 187 g/mol. The molecule has 5 heteroatoms. The number of nitrogens with two attached hydrogens (primary N) is 1. The van der Waals surface area contributed by atoms with Crippen molar-refractivity contribution in [1.29, 1.82) is 0 Å². The first kappa shape index (κ1) is 9.06. The van der Waals surface area contributed by atoms with Crippen LogP contribution in [0, 0.1) is 0 Å². The number of ether oxygens (including phenoxy) is 1. The molecular weight excluding hydrogens is 178 g/mol. The van der Waals surface area contributed by atoms with Crippen molar-refractivity contribution in [3.63, 3.8) is 0 Å². The molecule has 1 aromatic rings. The molecule has 1 heterocycles. The summed E-state index contributed by atoms with van der Waals surface area (Å²) in [5.74, 6) is 0.734. The summed E-state index contributed by atoms with van der Waals surface area (Å²) in [5.41, 5.74) is 5.48. The normalized spacial score (nSPS) is 10.3. The molecule has 0 aliphatic rings. The van der Waals surface area contributed by atoms with Crippen LogP contribution in [0.5, 0.6) is 5.75 Å². The van der Waals surface area contributed by atoms with Gasteiger partial charge in [0, 0.05) is 6.07 Å². The van der Waals surface area contributed by atoms with Gasteiger partial charge in [0.2, 0.25) is 0 Å². The number of hydrogen-bond acceptors (Lipinski definition) is 4. The summed E-state index contributed by atoms with van der Waals surface area (Å²) in [6.45, 7) is 3.79. The van der Waals surface area contributed by atoms with Gasteiger partial charge in [0.05, 0.1) is 6.10 Å². The first-order valence-corrected chi connectivity index (χ1v) is 3.92. The molecule has 0 spiro atoms. The second-order valence-corrected chi connectivity index (χ2v) is 2.97. The van der Waals surface area contributed by atoms with Crippen molar-refractivity contribution in [2.75, 3.05) is 5.73 Å². The average Bonchev–Trinajstić information content (AvgIpc) is 1.96. The molecular formula is C7H10ClN3O. The Morgan fingerprint density at radius 1 is 1.50 bits per heavy atom. The maximum atomic E-state index is 5.59. The molecule has 0 radical (unpaired) electrons. The van der Waals surface area contributed by atoms with E-state index in [1.165, 1.54) is 0 Å². The van der Waals surface area contributed by atoms with Gasteiger partial charge in [-0.05, 0) is 13.8 Å². The fourth-order valence-corrected chi connectivity index (χ4v) is 0.847. The Hall–Kier alpha value is -1.03. The van der Waals surface area contributed by atoms with E-state index >= 15 is 0 Å². The van der Waals surface area contributed by atoms with Crippen LogP contribution < -0.4 is 10.5 Å². The number of halogens is 1. The lowest BCUT2D eigenvalue weighted by atomic mass is 10.4. The van der Waals surface area contributed by atoms with E-state index < -0.39 is 0 Å². The minimum Gasteiger partial charge on any atom is -0.487 e. The van der Waals surface area contributed by atoms with Crippen LogP contribution in [0.15, 0.2) is 6.07 Å². The standard InChI is InChI=1S/C7H10ClN3O/c1-4(2)12-5-3-6(8)10-11-7(5)9/h3-4H,1-2H3,(H2,9,11). The van der Waals surface area contributed by atoms with Crippen LogP contribution in [0.1, 0.15) is 13.8 Å². The van der Waals surface area contributed by atoms with Crippen LogP contribution in [-0.2, 0) is 0 Å². The quantitative estimate of drug-likeness (QED) is 0.762. The van der Waals surface area contributed by atoms with Crippen LogP contribution in [0.4, 0.5) is 5.82 Å². The first-order valence-electron chi connectivity index (χ1n) is 3.55. The Bertz CT molecular complexity index is 277. The molecule has 66 valence electrons. The van der Waals surface area contributed by atoms with Gasteiger partial charge in [0.15, 0.2) is 16.7 Å². The third-order valence-corrected chi connectivity index (χ3v) is 1.30. The molecule has 0 saturated heterocycles. The molecule has 0 amide bonds. The molecule has 0 aliphatic heterocycles. The average molecular weight is 188 g/mol. The van der Waals surface area contributed by atoms with E-state index in [4.69, 9.17) is 22.1 Å². The number of anilines is 1. The first-order chi connectivity index (χ1) is 5.59. The molecule has 12 heavy (non-hydrogen) atoms. The lowest BCUT2D eigenvalue weighted by Gasteiger charge is -2.10. The van der Waals surface area contributed by atoms with Gasteiger partial charge >= 0.3 is 0 Å². The highest BCUT2D eigenvalue weighted by Crippen LogP contribution is 2.21. The predicted molar refractivity (Wildman–Crippen MR) is 47.2 cm³/mol. The van der Waals surface area contributed by atoms with Crippen LogP contribution in [-0.4, -0.2) is 16.3 Å². The fourth-order valence-electron chi connectivity index (χ4n) is 0.710. The molecule has 0 atom stereocenters. The zero-order chi connectivity index (χ0) is 9.14. The van der Waals surface area contributed by atoms with E-state index in [9.17, 15) is 0 Å². The summed E-state index contributed by atoms with van der Waals surface area (Å²) in [4.78, 5) is 0. The number of nitrogens with zero attached hydrogens (tertiary/aromatic N) is 2. The second kappa shape index (κ2) is 3.58. The minimum atomic E-state index is 0.0487. The van der Waals surface area contributed by atoms with E-state index in [-0.39, 0.29) is 17.1 Å². The summed E-state index contributed by atoms with van der Waals surface area (Å²) in [6.07, 6.45) is 0.0487. The van der Waals surface area contributed by atoms with Crippen molar-refractivity contribution in [3.8, 4) is 5.75 Å². The molecule has 4 nitrogen and oxygen atoms in total. The molecule has 0 unspecified atom stereocenters. The Kier molecular flexibility index (Phi) is 2.70. The smallest absolute Gasteiger partial charge is 0.188 e. The van der Waals surface area contributed by atoms with Crippen molar-refractivity contribution in [1.82, 2.24) is 10.2 Å². The number of nitrogen functional groups attached to an aromatic ring is 1. The van der Waals surface area contributed by atoms with E-state index in [0.717, 1.165) is 0 Å². The number of rotatable bonds is 2. The Balaban J connectivity index is 2.90. The van der Waals surface area contributed by atoms with Crippen LogP contribution in [0.2, 0.25) is 5.15 Å². The van der Waals surface area contributed by atoms with Gasteiger partial charge in [-0.1, -0.05) is 11.6 Å². The summed E-state index contributed by atoms with van der Waals surface area (Å²) >= 11 is 5.59. The number of aromatic nitrogens is 2. The van der Waals surface area contributed by atoms with Crippen LogP contribution >= 0.6 is 11.6 Å². The minimum absolute atomic E-state index is 0.0487. The van der Waals surface area contributed by atoms with Gasteiger partial charge in [-0.15, -0.1) is 10.2 Å². The van der Waals surface area contributed by atoms with Gasteiger partial charge in [-0.3, -0.25) is 0 Å². The molecule has 1 aromatic heterocycles. The summed E-state index contributed by atoms with van der Waals surface area (Å²) in [6, 6.07) is 1.55. The van der Waals surface area contributed by atoms with E-state index in [0.29, 0.717) is 5.75 Å². The molecule has 1 rings (SSSR count). The summed E-state index contributed by atoms with van der Waals surface area (Å²) in [7, 11) is 0. The van der Waals surface area contributed by atoms with Gasteiger partial charge in [-0.2, -0.15) is 0 Å². The fraction of sp³-hybridized carbons (Fsp3) is 0.429. The largest absolute Gasteiger partial charge is 0.487 e. The lowest BCUT2D eigenvalue weighted by molar-refractivity contribution is 0.242. The van der Waals surface area contributed by atoms with Gasteiger partial charge in [0.1, 0.15) is 0 Å². The van der Waals surface area contributed by atoms with E-state index in [2.05, 4.69) is 10.2 Å². The molecule has 0 fully saturated rings. The van der Waals surface area contributed by atoms with E-state index in [1.54, 1.807) is 6.07 Å². The van der Waals surface area contributed by atoms with Crippen molar-refractivity contribution in [3.05, 3.63) is 11.2 Å². The van der Waals surface area contributed by atoms with Crippen molar-refractivity contribution < 1.29 is 4.74 Å². The van der Waals surface area contributed by atoms with E-state index in [1.807, 2.05) is 13.8 Å². The SMILES string of the molecule is CC(C)Oc1cc(Cl)nnc1N. The second-order valence-electron chi connectivity index (χ2n) is 2.58. The zero-order valence-electron chi connectivity index (χ0n) is 6.91. The van der Waals surface area contributed by atoms with Crippen LogP contribution in [0.3, 0.4) is 0 Å².